The summed E-state index contributed by atoms with van der Waals surface area (Å²) < 4.78 is 5.40. The van der Waals surface area contributed by atoms with Gasteiger partial charge in [0.25, 0.3) is 0 Å². The smallest absolute Gasteiger partial charge is 0.339 e. The molecule has 0 unspecified atom stereocenters. The van der Waals surface area contributed by atoms with Crippen LogP contribution in [0.15, 0.2) is 59.5 Å². The van der Waals surface area contributed by atoms with Crippen LogP contribution in [0.5, 0.6) is 0 Å². The van der Waals surface area contributed by atoms with Crippen molar-refractivity contribution in [1.82, 2.24) is 4.98 Å². The van der Waals surface area contributed by atoms with Crippen LogP contribution in [0.2, 0.25) is 5.15 Å². The molecule has 0 radical (unpaired) electrons. The average Bonchev–Trinajstić information content (AvgIpc) is 2.64. The van der Waals surface area contributed by atoms with Gasteiger partial charge in [-0.15, -0.1) is 11.8 Å². The van der Waals surface area contributed by atoms with Crippen LogP contribution >= 0.6 is 23.4 Å². The summed E-state index contributed by atoms with van der Waals surface area (Å²) in [5.41, 5.74) is 6.95. The monoisotopic (exact) mass is 386 g/mol. The molecule has 2 N–H and O–H groups in total. The highest BCUT2D eigenvalue weighted by Gasteiger charge is 2.15. The van der Waals surface area contributed by atoms with Crippen molar-refractivity contribution in [2.24, 2.45) is 5.73 Å². The van der Waals surface area contributed by atoms with Crippen molar-refractivity contribution in [3.63, 3.8) is 0 Å². The molecule has 3 rings (SSSR count). The fourth-order valence-corrected chi connectivity index (χ4v) is 3.35. The Hall–Kier alpha value is -2.57. The van der Waals surface area contributed by atoms with E-state index in [1.165, 1.54) is 11.8 Å². The summed E-state index contributed by atoms with van der Waals surface area (Å²) in [6, 6.07) is 16.3. The Morgan fingerprint density at radius 3 is 2.65 bits per heavy atom. The van der Waals surface area contributed by atoms with E-state index in [9.17, 15) is 9.59 Å². The van der Waals surface area contributed by atoms with E-state index in [2.05, 4.69) is 4.98 Å². The number of hydrogen-bond acceptors (Lipinski definition) is 5. The van der Waals surface area contributed by atoms with Gasteiger partial charge >= 0.3 is 5.97 Å². The van der Waals surface area contributed by atoms with Gasteiger partial charge in [0.1, 0.15) is 11.8 Å². The van der Waals surface area contributed by atoms with Crippen molar-refractivity contribution in [2.75, 3.05) is 5.75 Å². The number of nitrogens with two attached hydrogens (primary N) is 1. The number of para-hydroxylation sites is 1. The maximum Gasteiger partial charge on any atom is 0.339 e. The number of carbonyl (C=O) groups excluding carboxylic acids is 2. The zero-order chi connectivity index (χ0) is 18.5. The summed E-state index contributed by atoms with van der Waals surface area (Å²) in [5, 5.41) is 1.22. The van der Waals surface area contributed by atoms with Gasteiger partial charge in [-0.25, -0.2) is 9.78 Å². The largest absolute Gasteiger partial charge is 0.457 e. The number of fused-ring (bicyclic) bond motifs is 1. The standard InChI is InChI=1S/C19H15ClN2O3S/c20-18-13(9-12-5-1-3-7-15(12)22-18)10-25-19(24)14-6-2-4-8-16(14)26-11-17(21)23/h1-9H,10-11H2,(H2,21,23). The van der Waals surface area contributed by atoms with Crippen molar-refractivity contribution >= 4 is 46.1 Å². The van der Waals surface area contributed by atoms with Gasteiger partial charge in [-0.1, -0.05) is 41.9 Å². The molecule has 0 saturated carbocycles. The van der Waals surface area contributed by atoms with Gasteiger partial charge in [-0.05, 0) is 24.3 Å². The summed E-state index contributed by atoms with van der Waals surface area (Å²) in [6.45, 7) is 0.00429. The molecule has 0 saturated heterocycles. The van der Waals surface area contributed by atoms with E-state index < -0.39 is 11.9 Å². The van der Waals surface area contributed by atoms with Crippen LogP contribution in [0, 0.1) is 0 Å². The van der Waals surface area contributed by atoms with E-state index in [1.54, 1.807) is 24.3 Å². The normalized spacial score (nSPS) is 10.7. The summed E-state index contributed by atoms with van der Waals surface area (Å²) in [5.74, 6) is -0.862. The molecule has 0 fully saturated rings. The van der Waals surface area contributed by atoms with Gasteiger partial charge in [0, 0.05) is 15.8 Å². The first-order valence-electron chi connectivity index (χ1n) is 7.76. The Bertz CT molecular complexity index is 978. The van der Waals surface area contributed by atoms with Crippen molar-refractivity contribution in [2.45, 2.75) is 11.5 Å². The van der Waals surface area contributed by atoms with Gasteiger partial charge in [0.15, 0.2) is 0 Å². The van der Waals surface area contributed by atoms with E-state index in [4.69, 9.17) is 22.1 Å². The van der Waals surface area contributed by atoms with Gasteiger partial charge in [-0.3, -0.25) is 4.79 Å². The molecule has 3 aromatic rings. The quantitative estimate of drug-likeness (QED) is 0.395. The molecular formula is C19H15ClN2O3S. The lowest BCUT2D eigenvalue weighted by atomic mass is 10.1. The fourth-order valence-electron chi connectivity index (χ4n) is 2.37. The minimum absolute atomic E-state index is 0.00429. The number of esters is 1. The molecule has 1 amide bonds. The Morgan fingerprint density at radius 1 is 1.12 bits per heavy atom. The maximum atomic E-state index is 12.4. The number of benzene rings is 2. The van der Waals surface area contributed by atoms with Gasteiger partial charge in [0.2, 0.25) is 5.91 Å². The molecule has 0 atom stereocenters. The zero-order valence-electron chi connectivity index (χ0n) is 13.6. The molecule has 5 nitrogen and oxygen atoms in total. The Kier molecular flexibility index (Phi) is 5.75. The van der Waals surface area contributed by atoms with Crippen molar-refractivity contribution in [3.8, 4) is 0 Å². The lowest BCUT2D eigenvalue weighted by Gasteiger charge is -2.10. The number of rotatable bonds is 6. The highest BCUT2D eigenvalue weighted by atomic mass is 35.5. The lowest BCUT2D eigenvalue weighted by Crippen LogP contribution is -2.14. The van der Waals surface area contributed by atoms with E-state index in [0.717, 1.165) is 10.9 Å². The Balaban J connectivity index is 1.75. The molecular weight excluding hydrogens is 372 g/mol. The average molecular weight is 387 g/mol. The van der Waals surface area contributed by atoms with E-state index >= 15 is 0 Å². The predicted octanol–water partition coefficient (Wildman–Crippen LogP) is 3.82. The van der Waals surface area contributed by atoms with Crippen LogP contribution in [0.25, 0.3) is 10.9 Å². The molecule has 0 aliphatic rings. The van der Waals surface area contributed by atoms with Crippen molar-refractivity contribution < 1.29 is 14.3 Å². The van der Waals surface area contributed by atoms with Crippen LogP contribution in [-0.4, -0.2) is 22.6 Å². The first kappa shape index (κ1) is 18.2. The number of hydrogen-bond donors (Lipinski definition) is 1. The van der Waals surface area contributed by atoms with Crippen LogP contribution in [0.4, 0.5) is 0 Å². The van der Waals surface area contributed by atoms with Gasteiger partial charge < -0.3 is 10.5 Å². The molecule has 7 heteroatoms. The molecule has 26 heavy (non-hydrogen) atoms. The SMILES string of the molecule is NC(=O)CSc1ccccc1C(=O)OCc1cc2ccccc2nc1Cl. The minimum atomic E-state index is -0.498. The topological polar surface area (TPSA) is 82.3 Å². The van der Waals surface area contributed by atoms with E-state index in [-0.39, 0.29) is 12.4 Å². The molecule has 1 heterocycles. The highest BCUT2D eigenvalue weighted by Crippen LogP contribution is 2.25. The van der Waals surface area contributed by atoms with Gasteiger partial charge in [0.05, 0.1) is 16.8 Å². The summed E-state index contributed by atoms with van der Waals surface area (Å²) in [6.07, 6.45) is 0. The predicted molar refractivity (Wildman–Crippen MR) is 102 cm³/mol. The highest BCUT2D eigenvalue weighted by molar-refractivity contribution is 8.00. The summed E-state index contributed by atoms with van der Waals surface area (Å²) in [4.78, 5) is 28.4. The second-order valence-corrected chi connectivity index (χ2v) is 6.83. The minimum Gasteiger partial charge on any atom is -0.457 e. The first-order chi connectivity index (χ1) is 12.5. The number of aromatic nitrogens is 1. The molecule has 0 aliphatic heterocycles. The zero-order valence-corrected chi connectivity index (χ0v) is 15.2. The lowest BCUT2D eigenvalue weighted by molar-refractivity contribution is -0.115. The molecule has 0 spiro atoms. The third-order valence-corrected chi connectivity index (χ3v) is 5.01. The number of primary amides is 1. The number of amides is 1. The Labute approximate surface area is 159 Å². The van der Waals surface area contributed by atoms with Crippen LogP contribution < -0.4 is 5.73 Å². The second-order valence-electron chi connectivity index (χ2n) is 5.46. The number of halogens is 1. The number of pyridine rings is 1. The third-order valence-electron chi connectivity index (χ3n) is 3.59. The van der Waals surface area contributed by atoms with Crippen LogP contribution in [0.1, 0.15) is 15.9 Å². The van der Waals surface area contributed by atoms with E-state index in [0.29, 0.717) is 21.2 Å². The molecule has 132 valence electrons. The second kappa shape index (κ2) is 8.21. The van der Waals surface area contributed by atoms with Crippen LogP contribution in [0.3, 0.4) is 0 Å². The van der Waals surface area contributed by atoms with E-state index in [1.807, 2.05) is 30.3 Å². The molecule has 2 aromatic carbocycles. The van der Waals surface area contributed by atoms with Crippen molar-refractivity contribution in [3.05, 3.63) is 70.9 Å². The summed E-state index contributed by atoms with van der Waals surface area (Å²) in [7, 11) is 0. The third kappa shape index (κ3) is 4.33. The summed E-state index contributed by atoms with van der Waals surface area (Å²) >= 11 is 7.39. The number of ether oxygens (including phenoxy) is 1. The number of thioether (sulfide) groups is 1. The van der Waals surface area contributed by atoms with Gasteiger partial charge in [-0.2, -0.15) is 0 Å². The molecule has 0 aliphatic carbocycles. The first-order valence-corrected chi connectivity index (χ1v) is 9.12. The molecule has 1 aromatic heterocycles. The van der Waals surface area contributed by atoms with Crippen molar-refractivity contribution in [1.29, 1.82) is 0 Å². The maximum absolute atomic E-state index is 12.4. The van der Waals surface area contributed by atoms with Crippen LogP contribution in [-0.2, 0) is 16.1 Å². The fraction of sp³-hybridized carbons (Fsp3) is 0.105. The Morgan fingerprint density at radius 2 is 1.85 bits per heavy atom. The molecule has 0 bridgehead atoms. The number of carbonyl (C=O) groups is 2. The number of nitrogens with zero attached hydrogens (tertiary/aromatic N) is 1.